The van der Waals surface area contributed by atoms with E-state index in [0.29, 0.717) is 11.6 Å². The van der Waals surface area contributed by atoms with E-state index in [1.807, 2.05) is 24.3 Å². The van der Waals surface area contributed by atoms with Crippen LogP contribution in [-0.2, 0) is 0 Å². The minimum absolute atomic E-state index is 0.186. The van der Waals surface area contributed by atoms with Crippen LogP contribution in [0.1, 0.15) is 31.7 Å². The predicted octanol–water partition coefficient (Wildman–Crippen LogP) is 2.26. The number of hydrogen-bond donors (Lipinski definition) is 1. The molecule has 3 nitrogen and oxygen atoms in total. The number of piperidine rings is 1. The van der Waals surface area contributed by atoms with E-state index in [-0.39, 0.29) is 6.04 Å². The Bertz CT molecular complexity index is 402. The summed E-state index contributed by atoms with van der Waals surface area (Å²) in [5.41, 5.74) is 7.95. The Morgan fingerprint density at radius 2 is 2.06 bits per heavy atom. The lowest BCUT2D eigenvalue weighted by Crippen LogP contribution is -2.49. The average Bonchev–Trinajstić information content (AvgIpc) is 2.39. The average molecular weight is 229 g/mol. The Balaban J connectivity index is 2.21. The van der Waals surface area contributed by atoms with Crippen LogP contribution in [0.2, 0.25) is 0 Å². The molecule has 1 fully saturated rings. The van der Waals surface area contributed by atoms with Crippen LogP contribution in [0.4, 0.5) is 5.69 Å². The summed E-state index contributed by atoms with van der Waals surface area (Å²) in [4.78, 5) is 2.38. The summed E-state index contributed by atoms with van der Waals surface area (Å²) in [5, 5.41) is 8.80. The highest BCUT2D eigenvalue weighted by molar-refractivity contribution is 5.51. The Kier molecular flexibility index (Phi) is 3.65. The van der Waals surface area contributed by atoms with Gasteiger partial charge >= 0.3 is 0 Å². The van der Waals surface area contributed by atoms with Crippen molar-refractivity contribution < 1.29 is 0 Å². The summed E-state index contributed by atoms with van der Waals surface area (Å²) >= 11 is 0. The van der Waals surface area contributed by atoms with Gasteiger partial charge in [-0.05, 0) is 50.5 Å². The molecule has 17 heavy (non-hydrogen) atoms. The lowest BCUT2D eigenvalue weighted by molar-refractivity contribution is 0.413. The highest BCUT2D eigenvalue weighted by atomic mass is 15.2. The van der Waals surface area contributed by atoms with Crippen LogP contribution >= 0.6 is 0 Å². The van der Waals surface area contributed by atoms with E-state index in [9.17, 15) is 0 Å². The molecule has 1 aromatic carbocycles. The van der Waals surface area contributed by atoms with Gasteiger partial charge in [0.1, 0.15) is 0 Å². The second-order valence-electron chi connectivity index (χ2n) is 4.77. The molecule has 2 rings (SSSR count). The number of anilines is 1. The van der Waals surface area contributed by atoms with Crippen molar-refractivity contribution >= 4 is 5.69 Å². The molecule has 1 aromatic rings. The number of benzene rings is 1. The smallest absolute Gasteiger partial charge is 0.0991 e. The molecule has 2 atom stereocenters. The van der Waals surface area contributed by atoms with Crippen LogP contribution in [-0.4, -0.2) is 18.6 Å². The van der Waals surface area contributed by atoms with Crippen LogP contribution in [0, 0.1) is 11.3 Å². The summed E-state index contributed by atoms with van der Waals surface area (Å²) in [6.45, 7) is 3.14. The van der Waals surface area contributed by atoms with E-state index in [1.54, 1.807) is 0 Å². The van der Waals surface area contributed by atoms with E-state index in [1.165, 1.54) is 18.5 Å². The van der Waals surface area contributed by atoms with Gasteiger partial charge in [0.15, 0.2) is 0 Å². The zero-order valence-electron chi connectivity index (χ0n) is 10.3. The topological polar surface area (TPSA) is 53.0 Å². The molecule has 0 amide bonds. The van der Waals surface area contributed by atoms with Gasteiger partial charge in [0.2, 0.25) is 0 Å². The van der Waals surface area contributed by atoms with Crippen LogP contribution in [0.5, 0.6) is 0 Å². The maximum atomic E-state index is 8.80. The zero-order chi connectivity index (χ0) is 12.3. The number of nitrogens with zero attached hydrogens (tertiary/aromatic N) is 2. The normalized spacial score (nSPS) is 21.9. The standard InChI is InChI=1S/C14H19N3/c1-11(16)14-4-2-3-9-17(14)13-7-5-12(10-15)6-8-13/h5-8,11,14H,2-4,9,16H2,1H3. The van der Waals surface area contributed by atoms with E-state index in [4.69, 9.17) is 11.0 Å². The maximum Gasteiger partial charge on any atom is 0.0991 e. The first-order valence-electron chi connectivity index (χ1n) is 6.25. The Labute approximate surface area is 103 Å². The minimum atomic E-state index is 0.186. The summed E-state index contributed by atoms with van der Waals surface area (Å²) < 4.78 is 0. The first kappa shape index (κ1) is 11.9. The number of hydrogen-bond acceptors (Lipinski definition) is 3. The molecule has 1 aliphatic heterocycles. The Morgan fingerprint density at radius 3 is 2.65 bits per heavy atom. The fraction of sp³-hybridized carbons (Fsp3) is 0.500. The summed E-state index contributed by atoms with van der Waals surface area (Å²) in [6.07, 6.45) is 3.65. The van der Waals surface area contributed by atoms with Gasteiger partial charge in [-0.3, -0.25) is 0 Å². The molecule has 0 radical (unpaired) electrons. The van der Waals surface area contributed by atoms with E-state index >= 15 is 0 Å². The van der Waals surface area contributed by atoms with Gasteiger partial charge in [-0.25, -0.2) is 0 Å². The quantitative estimate of drug-likeness (QED) is 0.846. The zero-order valence-corrected chi connectivity index (χ0v) is 10.3. The molecule has 90 valence electrons. The van der Waals surface area contributed by atoms with Crippen molar-refractivity contribution in [2.75, 3.05) is 11.4 Å². The largest absolute Gasteiger partial charge is 0.367 e. The molecule has 2 unspecified atom stereocenters. The van der Waals surface area contributed by atoms with E-state index in [2.05, 4.69) is 17.9 Å². The highest BCUT2D eigenvalue weighted by Gasteiger charge is 2.25. The molecule has 1 saturated heterocycles. The van der Waals surface area contributed by atoms with Crippen LogP contribution in [0.25, 0.3) is 0 Å². The van der Waals surface area contributed by atoms with Crippen molar-refractivity contribution in [2.24, 2.45) is 5.73 Å². The molecule has 1 heterocycles. The van der Waals surface area contributed by atoms with Gasteiger partial charge in [-0.15, -0.1) is 0 Å². The first-order chi connectivity index (χ1) is 8.22. The van der Waals surface area contributed by atoms with E-state index in [0.717, 1.165) is 13.0 Å². The molecule has 0 aliphatic carbocycles. The van der Waals surface area contributed by atoms with Gasteiger partial charge in [-0.2, -0.15) is 5.26 Å². The third-order valence-electron chi connectivity index (χ3n) is 3.48. The molecule has 0 saturated carbocycles. The molecular formula is C14H19N3. The first-order valence-corrected chi connectivity index (χ1v) is 6.25. The van der Waals surface area contributed by atoms with Crippen LogP contribution in [0.15, 0.2) is 24.3 Å². The molecule has 2 N–H and O–H groups in total. The van der Waals surface area contributed by atoms with Crippen molar-refractivity contribution in [3.63, 3.8) is 0 Å². The monoisotopic (exact) mass is 229 g/mol. The molecule has 1 aliphatic rings. The predicted molar refractivity (Wildman–Crippen MR) is 69.8 cm³/mol. The van der Waals surface area contributed by atoms with Crippen molar-refractivity contribution in [3.05, 3.63) is 29.8 Å². The molecule has 0 aromatic heterocycles. The SMILES string of the molecule is CC(N)C1CCCCN1c1ccc(C#N)cc1. The third-order valence-corrected chi connectivity index (χ3v) is 3.48. The number of nitriles is 1. The molecule has 0 spiro atoms. The van der Waals surface area contributed by atoms with Crippen molar-refractivity contribution in [3.8, 4) is 6.07 Å². The lowest BCUT2D eigenvalue weighted by Gasteiger charge is -2.39. The number of rotatable bonds is 2. The van der Waals surface area contributed by atoms with Gasteiger partial charge in [0.25, 0.3) is 0 Å². The van der Waals surface area contributed by atoms with Crippen molar-refractivity contribution in [2.45, 2.75) is 38.3 Å². The Morgan fingerprint density at radius 1 is 1.35 bits per heavy atom. The van der Waals surface area contributed by atoms with Gasteiger partial charge in [0.05, 0.1) is 11.6 Å². The summed E-state index contributed by atoms with van der Waals surface area (Å²) in [6, 6.07) is 10.6. The van der Waals surface area contributed by atoms with Gasteiger partial charge in [0, 0.05) is 24.3 Å². The lowest BCUT2D eigenvalue weighted by atomic mass is 9.96. The Hall–Kier alpha value is -1.53. The van der Waals surface area contributed by atoms with Crippen LogP contribution < -0.4 is 10.6 Å². The second kappa shape index (κ2) is 5.20. The van der Waals surface area contributed by atoms with Gasteiger partial charge < -0.3 is 10.6 Å². The summed E-state index contributed by atoms with van der Waals surface area (Å²) in [5.74, 6) is 0. The minimum Gasteiger partial charge on any atom is -0.367 e. The third kappa shape index (κ3) is 2.59. The molecular weight excluding hydrogens is 210 g/mol. The number of nitrogens with two attached hydrogens (primary N) is 1. The summed E-state index contributed by atoms with van der Waals surface area (Å²) in [7, 11) is 0. The fourth-order valence-electron chi connectivity index (χ4n) is 2.55. The molecule has 0 bridgehead atoms. The second-order valence-corrected chi connectivity index (χ2v) is 4.77. The van der Waals surface area contributed by atoms with E-state index < -0.39 is 0 Å². The fourth-order valence-corrected chi connectivity index (χ4v) is 2.55. The van der Waals surface area contributed by atoms with Gasteiger partial charge in [-0.1, -0.05) is 0 Å². The van der Waals surface area contributed by atoms with Crippen molar-refractivity contribution in [1.29, 1.82) is 5.26 Å². The van der Waals surface area contributed by atoms with Crippen LogP contribution in [0.3, 0.4) is 0 Å². The highest BCUT2D eigenvalue weighted by Crippen LogP contribution is 2.26. The molecule has 3 heteroatoms. The van der Waals surface area contributed by atoms with Crippen molar-refractivity contribution in [1.82, 2.24) is 0 Å². The maximum absolute atomic E-state index is 8.80.